The van der Waals surface area contributed by atoms with Gasteiger partial charge >= 0.3 is 0 Å². The number of halogens is 1. The molecule has 3 heterocycles. The average Bonchev–Trinajstić information content (AvgIpc) is 3.76. The number of nitrogens with one attached hydrogen (secondary N) is 2. The molecule has 1 aromatic carbocycles. The molecule has 1 saturated carbocycles. The van der Waals surface area contributed by atoms with Gasteiger partial charge in [-0.15, -0.1) is 11.3 Å². The van der Waals surface area contributed by atoms with E-state index in [1.54, 1.807) is 41.8 Å². The second-order valence-electron chi connectivity index (χ2n) is 13.0. The van der Waals surface area contributed by atoms with E-state index in [0.717, 1.165) is 37.1 Å². The summed E-state index contributed by atoms with van der Waals surface area (Å²) in [6.45, 7) is 8.52. The molecular formula is C35H46FN7O4S. The van der Waals surface area contributed by atoms with Gasteiger partial charge in [-0.2, -0.15) is 5.10 Å². The summed E-state index contributed by atoms with van der Waals surface area (Å²) in [4.78, 5) is 62.5. The van der Waals surface area contributed by atoms with E-state index in [9.17, 15) is 19.2 Å². The lowest BCUT2D eigenvalue weighted by Crippen LogP contribution is -2.55. The molecule has 3 aromatic rings. The topological polar surface area (TPSA) is 130 Å². The van der Waals surface area contributed by atoms with Crippen molar-refractivity contribution in [2.75, 3.05) is 38.5 Å². The molecule has 1 aliphatic heterocycles. The fraction of sp³-hybridized carbons (Fsp3) is 0.543. The van der Waals surface area contributed by atoms with Crippen molar-refractivity contribution in [3.05, 3.63) is 63.6 Å². The van der Waals surface area contributed by atoms with Crippen LogP contribution in [0.15, 0.2) is 36.7 Å². The number of amides is 3. The van der Waals surface area contributed by atoms with Crippen LogP contribution in [0.5, 0.6) is 0 Å². The highest BCUT2D eigenvalue weighted by Gasteiger charge is 2.35. The molecular weight excluding hydrogens is 633 g/mol. The lowest BCUT2D eigenvalue weighted by Gasteiger charge is -2.36. The number of rotatable bonds is 12. The quantitative estimate of drug-likeness (QED) is 0.261. The van der Waals surface area contributed by atoms with Crippen LogP contribution in [0.3, 0.4) is 0 Å². The molecule has 0 bridgehead atoms. The minimum absolute atomic E-state index is 0.00826. The number of carbonyl (C=O) groups excluding carboxylic acids is 4. The number of carbonyl (C=O) groups is 4. The van der Waals surface area contributed by atoms with Crippen molar-refractivity contribution in [3.8, 4) is 0 Å². The largest absolute Gasteiger partial charge is 0.339 e. The Bertz CT molecular complexity index is 1610. The molecule has 48 heavy (non-hydrogen) atoms. The number of aromatic nitrogens is 3. The van der Waals surface area contributed by atoms with Crippen LogP contribution in [-0.2, 0) is 16.1 Å². The maximum Gasteiger partial charge on any atom is 0.263 e. The molecule has 11 nitrogen and oxygen atoms in total. The highest BCUT2D eigenvalue weighted by Crippen LogP contribution is 2.34. The Balaban J connectivity index is 1.34. The summed E-state index contributed by atoms with van der Waals surface area (Å²) in [7, 11) is 2.00. The Morgan fingerprint density at radius 2 is 1.79 bits per heavy atom. The van der Waals surface area contributed by atoms with Crippen molar-refractivity contribution in [2.24, 2.45) is 11.8 Å². The first-order valence-electron chi connectivity index (χ1n) is 16.9. The molecule has 2 fully saturated rings. The first-order valence-corrected chi connectivity index (χ1v) is 17.7. The summed E-state index contributed by atoms with van der Waals surface area (Å²) in [5.41, 5.74) is 0.980. The lowest BCUT2D eigenvalue weighted by molar-refractivity contribution is -0.135. The van der Waals surface area contributed by atoms with Crippen LogP contribution >= 0.6 is 11.3 Å². The van der Waals surface area contributed by atoms with Crippen molar-refractivity contribution < 1.29 is 23.6 Å². The molecule has 0 spiro atoms. The van der Waals surface area contributed by atoms with Crippen molar-refractivity contribution in [3.63, 3.8) is 0 Å². The van der Waals surface area contributed by atoms with Gasteiger partial charge in [0.2, 0.25) is 11.8 Å². The van der Waals surface area contributed by atoms with Gasteiger partial charge < -0.3 is 20.4 Å². The van der Waals surface area contributed by atoms with Crippen LogP contribution in [0.25, 0.3) is 0 Å². The summed E-state index contributed by atoms with van der Waals surface area (Å²) in [5, 5.41) is 10.6. The number of thiazole rings is 1. The number of hydrogen-bond acceptors (Lipinski definition) is 8. The van der Waals surface area contributed by atoms with Crippen molar-refractivity contribution in [2.45, 2.75) is 77.8 Å². The Morgan fingerprint density at radius 3 is 2.44 bits per heavy atom. The first-order chi connectivity index (χ1) is 23.0. The molecule has 258 valence electrons. The van der Waals surface area contributed by atoms with Crippen LogP contribution in [0.1, 0.15) is 89.0 Å². The number of hydrogen-bond donors (Lipinski definition) is 2. The number of likely N-dealkylation sites (N-methyl/N-ethyl adjacent to an activating group) is 1. The van der Waals surface area contributed by atoms with E-state index in [1.165, 1.54) is 29.7 Å². The maximum absolute atomic E-state index is 15.8. The average molecular weight is 680 g/mol. The van der Waals surface area contributed by atoms with Gasteiger partial charge in [-0.3, -0.25) is 23.9 Å². The van der Waals surface area contributed by atoms with Gasteiger partial charge in [-0.05, 0) is 63.4 Å². The number of anilines is 1. The maximum atomic E-state index is 15.8. The Labute approximate surface area is 285 Å². The third kappa shape index (κ3) is 8.35. The number of ketones is 1. The Morgan fingerprint density at radius 1 is 1.06 bits per heavy atom. The minimum Gasteiger partial charge on any atom is -0.339 e. The summed E-state index contributed by atoms with van der Waals surface area (Å²) in [6, 6.07) is 5.22. The van der Waals surface area contributed by atoms with Crippen LogP contribution in [0, 0.1) is 24.6 Å². The van der Waals surface area contributed by atoms with Crippen LogP contribution in [0.2, 0.25) is 0 Å². The monoisotopic (exact) mass is 679 g/mol. The number of aryl methyl sites for hydroxylation is 2. The lowest BCUT2D eigenvalue weighted by atomic mass is 9.77. The van der Waals surface area contributed by atoms with Gasteiger partial charge in [0.1, 0.15) is 22.4 Å². The van der Waals surface area contributed by atoms with Crippen molar-refractivity contribution in [1.29, 1.82) is 0 Å². The van der Waals surface area contributed by atoms with E-state index >= 15 is 4.39 Å². The molecule has 3 atom stereocenters. The second kappa shape index (κ2) is 16.0. The van der Waals surface area contributed by atoms with Gasteiger partial charge in [-0.1, -0.05) is 32.3 Å². The van der Waals surface area contributed by atoms with E-state index in [-0.39, 0.29) is 35.6 Å². The number of benzene rings is 1. The predicted octanol–water partition coefficient (Wildman–Crippen LogP) is 4.89. The molecule has 2 N–H and O–H groups in total. The zero-order valence-corrected chi connectivity index (χ0v) is 29.0. The summed E-state index contributed by atoms with van der Waals surface area (Å²) < 4.78 is 17.4. The molecule has 3 amide bonds. The molecule has 1 saturated heterocycles. The number of Topliss-reactive ketones (excluding diaryl/α,β-unsaturated/α-hetero) is 1. The Hall–Kier alpha value is -3.97. The van der Waals surface area contributed by atoms with Gasteiger partial charge in [0.15, 0.2) is 5.78 Å². The molecule has 5 rings (SSSR count). The second-order valence-corrected chi connectivity index (χ2v) is 14.2. The molecule has 1 aliphatic carbocycles. The van der Waals surface area contributed by atoms with Crippen LogP contribution in [0.4, 0.5) is 10.1 Å². The fourth-order valence-electron chi connectivity index (χ4n) is 6.77. The van der Waals surface area contributed by atoms with E-state index in [4.69, 9.17) is 0 Å². The number of nitrogens with zero attached hydrogens (tertiary/aromatic N) is 5. The zero-order chi connectivity index (χ0) is 34.4. The van der Waals surface area contributed by atoms with Crippen LogP contribution in [-0.4, -0.2) is 87.3 Å². The zero-order valence-electron chi connectivity index (χ0n) is 28.2. The molecule has 2 aromatic heterocycles. The minimum atomic E-state index is -0.943. The standard InChI is InChI=1S/C35H46FN7O4S/c1-5-43-29(13-14-38-43)30(44)20-26(24-9-7-6-8-10-24)33(45)39-28-12-11-25(19-27(28)36)22(2)32(35(47)42-17-15-41(4)16-18-42)40-34(46)31-21-37-23(3)48-31/h11-14,19,21-22,24,26,32H,5-10,15-18,20H2,1-4H3,(H,39,45)(H,40,46)/t22-,26-,32+/m0/s1. The van der Waals surface area contributed by atoms with E-state index < -0.39 is 29.6 Å². The van der Waals surface area contributed by atoms with Crippen LogP contribution < -0.4 is 10.6 Å². The van der Waals surface area contributed by atoms with Crippen molar-refractivity contribution >= 4 is 40.5 Å². The highest BCUT2D eigenvalue weighted by atomic mass is 32.1. The van der Waals surface area contributed by atoms with Gasteiger partial charge in [0, 0.05) is 57.2 Å². The summed E-state index contributed by atoms with van der Waals surface area (Å²) in [6.07, 6.45) is 7.85. The van der Waals surface area contributed by atoms with Gasteiger partial charge in [0.05, 0.1) is 16.9 Å². The van der Waals surface area contributed by atoms with Gasteiger partial charge in [0.25, 0.3) is 5.91 Å². The summed E-state index contributed by atoms with van der Waals surface area (Å²) >= 11 is 1.24. The Kier molecular flexibility index (Phi) is 11.7. The third-order valence-electron chi connectivity index (χ3n) is 9.75. The molecule has 13 heteroatoms. The predicted molar refractivity (Wildman–Crippen MR) is 183 cm³/mol. The smallest absolute Gasteiger partial charge is 0.263 e. The van der Waals surface area contributed by atoms with Gasteiger partial charge in [-0.25, -0.2) is 9.37 Å². The van der Waals surface area contributed by atoms with E-state index in [2.05, 4.69) is 25.6 Å². The highest BCUT2D eigenvalue weighted by molar-refractivity contribution is 7.13. The SMILES string of the molecule is CCn1nccc1C(=O)C[C@H](C(=O)Nc1ccc([C@H](C)[C@@H](NC(=O)c2cnc(C)s2)C(=O)N2CCN(C)CC2)cc1F)C1CCCCC1. The molecule has 2 aliphatic rings. The first kappa shape index (κ1) is 35.3. The normalized spacial score (nSPS) is 17.8. The van der Waals surface area contributed by atoms with E-state index in [0.29, 0.717) is 48.9 Å². The fourth-order valence-corrected chi connectivity index (χ4v) is 7.45. The summed E-state index contributed by atoms with van der Waals surface area (Å²) in [5.74, 6) is -2.99. The number of piperazine rings is 1. The van der Waals surface area contributed by atoms with Crippen molar-refractivity contribution in [1.82, 2.24) is 29.9 Å². The third-order valence-corrected chi connectivity index (χ3v) is 10.7. The van der Waals surface area contributed by atoms with E-state index in [1.807, 2.05) is 14.0 Å². The molecule has 0 radical (unpaired) electrons. The molecule has 0 unspecified atom stereocenters.